The van der Waals surface area contributed by atoms with Crippen molar-refractivity contribution in [2.75, 3.05) is 36.9 Å². The van der Waals surface area contributed by atoms with E-state index in [2.05, 4.69) is 43.0 Å². The predicted octanol–water partition coefficient (Wildman–Crippen LogP) is 5.09. The number of ether oxygens (including phenoxy) is 1. The minimum atomic E-state index is -0.379. The van der Waals surface area contributed by atoms with E-state index < -0.39 is 0 Å². The van der Waals surface area contributed by atoms with Crippen LogP contribution in [0.2, 0.25) is 0 Å². The second kappa shape index (κ2) is 13.2. The number of aromatic hydroxyl groups is 1. The Balaban J connectivity index is 0.921. The van der Waals surface area contributed by atoms with Crippen molar-refractivity contribution in [2.45, 2.75) is 80.7 Å². The summed E-state index contributed by atoms with van der Waals surface area (Å²) >= 11 is 5.35. The molecule has 3 fully saturated rings. The molecule has 5 heterocycles. The number of piperidine rings is 2. The van der Waals surface area contributed by atoms with Gasteiger partial charge in [-0.3, -0.25) is 24.5 Å². The van der Waals surface area contributed by atoms with E-state index in [0.717, 1.165) is 79.7 Å². The van der Waals surface area contributed by atoms with E-state index in [1.165, 1.54) is 0 Å². The highest BCUT2D eigenvalue weighted by Gasteiger charge is 2.45. The second-order valence-electron chi connectivity index (χ2n) is 14.7. The van der Waals surface area contributed by atoms with E-state index >= 15 is 0 Å². The molecule has 2 aromatic heterocycles. The molecule has 4 N–H and O–H groups in total. The van der Waals surface area contributed by atoms with Gasteiger partial charge in [0.15, 0.2) is 5.82 Å². The third-order valence-electron chi connectivity index (χ3n) is 11.6. The summed E-state index contributed by atoms with van der Waals surface area (Å²) in [6.07, 6.45) is 10.6. The third kappa shape index (κ3) is 6.20. The average Bonchev–Trinajstić information content (AvgIpc) is 3.64. The normalized spacial score (nSPS) is 26.0. The number of phenols is 1. The lowest BCUT2D eigenvalue weighted by Crippen LogP contribution is -2.55. The smallest absolute Gasteiger partial charge is 0.249 e. The molecule has 3 aliphatic heterocycles. The van der Waals surface area contributed by atoms with E-state index in [1.807, 2.05) is 42.7 Å². The molecule has 0 bridgehead atoms. The van der Waals surface area contributed by atoms with Crippen molar-refractivity contribution in [3.8, 4) is 33.9 Å². The van der Waals surface area contributed by atoms with Crippen molar-refractivity contribution >= 4 is 35.9 Å². The summed E-state index contributed by atoms with van der Waals surface area (Å²) < 4.78 is 8.03. The number of imide groups is 1. The number of nitrogens with zero attached hydrogens (tertiary/aromatic N) is 6. The van der Waals surface area contributed by atoms with Crippen molar-refractivity contribution in [3.63, 3.8) is 0 Å². The molecule has 13 heteroatoms. The number of rotatable bonds is 6. The zero-order valence-corrected chi connectivity index (χ0v) is 29.7. The number of hydrogen-bond donors (Lipinski definition) is 4. The second-order valence-corrected chi connectivity index (χ2v) is 15.5. The molecular formula is C38H44N8O4S. The molecule has 0 radical (unpaired) electrons. The minimum Gasteiger partial charge on any atom is -0.507 e. The van der Waals surface area contributed by atoms with E-state index in [9.17, 15) is 14.7 Å². The van der Waals surface area contributed by atoms with Gasteiger partial charge < -0.3 is 20.5 Å². The Hall–Kier alpha value is -4.62. The number of thiol groups is 1. The Morgan fingerprint density at radius 3 is 2.53 bits per heavy atom. The summed E-state index contributed by atoms with van der Waals surface area (Å²) in [5.74, 6) is 0.852. The Labute approximate surface area is 302 Å². The fourth-order valence-corrected chi connectivity index (χ4v) is 8.93. The quantitative estimate of drug-likeness (QED) is 0.157. The Morgan fingerprint density at radius 1 is 0.980 bits per heavy atom. The van der Waals surface area contributed by atoms with Gasteiger partial charge in [-0.1, -0.05) is 24.3 Å². The number of anilines is 2. The van der Waals surface area contributed by atoms with E-state index in [4.69, 9.17) is 28.2 Å². The summed E-state index contributed by atoms with van der Waals surface area (Å²) in [5.41, 5.74) is 11.1. The highest BCUT2D eigenvalue weighted by atomic mass is 32.1. The van der Waals surface area contributed by atoms with Gasteiger partial charge in [0.05, 0.1) is 30.2 Å². The first-order valence-corrected chi connectivity index (χ1v) is 18.4. The predicted molar refractivity (Wildman–Crippen MR) is 198 cm³/mol. The number of aromatic nitrogens is 4. The van der Waals surface area contributed by atoms with Gasteiger partial charge >= 0.3 is 0 Å². The number of hydrogen-bond acceptors (Lipinski definition) is 11. The van der Waals surface area contributed by atoms with Crippen LogP contribution in [0.3, 0.4) is 0 Å². The molecule has 4 aliphatic rings. The molecule has 51 heavy (non-hydrogen) atoms. The highest BCUT2D eigenvalue weighted by Crippen LogP contribution is 2.53. The molecule has 12 nitrogen and oxygen atoms in total. The van der Waals surface area contributed by atoms with Crippen LogP contribution in [0.1, 0.15) is 69.9 Å². The fraction of sp³-hybridized carbons (Fsp3) is 0.447. The van der Waals surface area contributed by atoms with Gasteiger partial charge in [0.25, 0.3) is 0 Å². The van der Waals surface area contributed by atoms with Crippen LogP contribution < -0.4 is 20.7 Å². The van der Waals surface area contributed by atoms with Crippen LogP contribution in [0.15, 0.2) is 60.9 Å². The summed E-state index contributed by atoms with van der Waals surface area (Å²) in [6.45, 7) is 5.46. The number of amides is 2. The molecule has 1 aliphatic carbocycles. The standard InChI is InChI=1S/C38H44N8O4S/c1-37(13-15-38(51,16-14-37)28-6-4-7-30-34(28)50-20-19-45(30)31-9-10-33(48)41-36(31)49)44-17-11-25(12-18-44)46-23-24(22-40-46)27-21-29(42-43-35(27)39)26-5-2-3-8-32(26)47/h2-8,21-23,25,31,47,51H,9-20H2,1H3,(H2,39,43)(H,41,48,49)/t31-,37?,38?/m0/s1. The molecule has 1 atom stereocenters. The number of nitrogen functional groups attached to an aromatic ring is 1. The topological polar surface area (TPSA) is 152 Å². The number of para-hydroxylation sites is 2. The van der Waals surface area contributed by atoms with Crippen molar-refractivity contribution in [1.82, 2.24) is 30.2 Å². The van der Waals surface area contributed by atoms with Crippen LogP contribution >= 0.6 is 12.6 Å². The van der Waals surface area contributed by atoms with Crippen molar-refractivity contribution < 1.29 is 19.4 Å². The number of benzene rings is 2. The van der Waals surface area contributed by atoms with Crippen LogP contribution in [0.5, 0.6) is 11.5 Å². The first-order chi connectivity index (χ1) is 24.6. The molecule has 2 saturated heterocycles. The van der Waals surface area contributed by atoms with E-state index in [-0.39, 0.29) is 39.9 Å². The number of likely N-dealkylation sites (tertiary alicyclic amines) is 1. The van der Waals surface area contributed by atoms with Gasteiger partial charge in [-0.2, -0.15) is 17.7 Å². The average molecular weight is 709 g/mol. The van der Waals surface area contributed by atoms with Crippen molar-refractivity contribution in [2.24, 2.45) is 0 Å². The molecule has 2 aromatic carbocycles. The summed E-state index contributed by atoms with van der Waals surface area (Å²) in [5, 5.41) is 26.0. The number of nitrogens with one attached hydrogen (secondary N) is 1. The molecule has 0 unspecified atom stereocenters. The minimum absolute atomic E-state index is 0.0670. The van der Waals surface area contributed by atoms with Crippen molar-refractivity contribution in [1.29, 1.82) is 0 Å². The number of carbonyl (C=O) groups excluding carboxylic acids is 2. The van der Waals surface area contributed by atoms with Gasteiger partial charge in [0.1, 0.15) is 24.1 Å². The number of nitrogens with two attached hydrogens (primary N) is 1. The molecule has 4 aromatic rings. The van der Waals surface area contributed by atoms with Crippen LogP contribution in [-0.4, -0.2) is 79.6 Å². The molecule has 2 amide bonds. The van der Waals surface area contributed by atoms with Gasteiger partial charge in [-0.05, 0) is 76.1 Å². The lowest BCUT2D eigenvalue weighted by Gasteiger charge is -2.51. The van der Waals surface area contributed by atoms with Gasteiger partial charge in [0, 0.05) is 58.2 Å². The van der Waals surface area contributed by atoms with Gasteiger partial charge in [-0.15, -0.1) is 10.2 Å². The SMILES string of the molecule is CC1(N2CCC(n3cc(-c4cc(-c5ccccc5O)nnc4N)cn3)CC2)CCC(S)(c2cccc3c2OCCN3[C@H]2CCC(=O)NC2=O)CC1. The lowest BCUT2D eigenvalue weighted by molar-refractivity contribution is -0.134. The van der Waals surface area contributed by atoms with Crippen molar-refractivity contribution in [3.05, 3.63) is 66.5 Å². The lowest BCUT2D eigenvalue weighted by atomic mass is 9.72. The van der Waals surface area contributed by atoms with Crippen LogP contribution in [-0.2, 0) is 14.3 Å². The Bertz CT molecular complexity index is 1970. The zero-order valence-electron chi connectivity index (χ0n) is 28.8. The molecule has 266 valence electrons. The molecule has 8 rings (SSSR count). The van der Waals surface area contributed by atoms with Gasteiger partial charge in [-0.25, -0.2) is 0 Å². The number of phenolic OH excluding ortho intramolecular Hbond substituents is 1. The largest absolute Gasteiger partial charge is 0.507 e. The van der Waals surface area contributed by atoms with Gasteiger partial charge in [0.2, 0.25) is 11.8 Å². The summed E-state index contributed by atoms with van der Waals surface area (Å²) in [4.78, 5) is 29.3. The fourth-order valence-electron chi connectivity index (χ4n) is 8.53. The van der Waals surface area contributed by atoms with Crippen LogP contribution in [0.4, 0.5) is 11.5 Å². The molecule has 1 saturated carbocycles. The van der Waals surface area contributed by atoms with E-state index in [1.54, 1.807) is 12.1 Å². The zero-order chi connectivity index (χ0) is 35.3. The Morgan fingerprint density at radius 2 is 1.76 bits per heavy atom. The molecule has 0 spiro atoms. The monoisotopic (exact) mass is 708 g/mol. The summed E-state index contributed by atoms with van der Waals surface area (Å²) in [6, 6.07) is 15.0. The highest BCUT2D eigenvalue weighted by molar-refractivity contribution is 7.81. The van der Waals surface area contributed by atoms with Crippen LogP contribution in [0.25, 0.3) is 22.4 Å². The summed E-state index contributed by atoms with van der Waals surface area (Å²) in [7, 11) is 0. The maximum absolute atomic E-state index is 12.8. The van der Waals surface area contributed by atoms with E-state index in [0.29, 0.717) is 43.1 Å². The number of carbonyl (C=O) groups is 2. The Kier molecular flexibility index (Phi) is 8.66. The maximum Gasteiger partial charge on any atom is 0.249 e. The third-order valence-corrected chi connectivity index (χ3v) is 12.3. The van der Waals surface area contributed by atoms with Crippen LogP contribution in [0, 0.1) is 0 Å². The first kappa shape index (κ1) is 33.5. The first-order valence-electron chi connectivity index (χ1n) is 17.9. The molecular weight excluding hydrogens is 665 g/mol. The maximum atomic E-state index is 12.8. The number of fused-ring (bicyclic) bond motifs is 1.